The second-order valence-corrected chi connectivity index (χ2v) is 9.05. The first kappa shape index (κ1) is 20.7. The molecule has 0 radical (unpaired) electrons. The van der Waals surface area contributed by atoms with E-state index in [1.807, 2.05) is 0 Å². The number of benzene rings is 1. The van der Waals surface area contributed by atoms with Crippen molar-refractivity contribution in [1.29, 1.82) is 0 Å². The molecule has 0 amide bonds. The van der Waals surface area contributed by atoms with Gasteiger partial charge in [-0.25, -0.2) is 23.9 Å². The molecule has 1 fully saturated rings. The van der Waals surface area contributed by atoms with Gasteiger partial charge in [0.15, 0.2) is 5.65 Å². The van der Waals surface area contributed by atoms with Crippen LogP contribution in [-0.2, 0) is 7.05 Å². The Morgan fingerprint density at radius 1 is 1.12 bits per heavy atom. The number of thiazole rings is 1. The maximum Gasteiger partial charge on any atom is 0.388 e. The van der Waals surface area contributed by atoms with Crippen molar-refractivity contribution >= 4 is 32.6 Å². The van der Waals surface area contributed by atoms with Crippen molar-refractivity contribution in [3.8, 4) is 17.3 Å². The predicted molar refractivity (Wildman–Crippen MR) is 121 cm³/mol. The van der Waals surface area contributed by atoms with E-state index >= 15 is 0 Å². The molecular weight excluding hydrogens is 466 g/mol. The van der Waals surface area contributed by atoms with Crippen LogP contribution < -0.4 is 16.0 Å². The van der Waals surface area contributed by atoms with Gasteiger partial charge in [0.05, 0.1) is 28.1 Å². The molecule has 34 heavy (non-hydrogen) atoms. The van der Waals surface area contributed by atoms with Gasteiger partial charge in [-0.3, -0.25) is 9.48 Å². The lowest BCUT2D eigenvalue weighted by Gasteiger charge is -2.12. The zero-order valence-electron chi connectivity index (χ0n) is 17.7. The number of aromatic nitrogens is 6. The SMILES string of the molecule is Cn1cc2cc(-n3c(=O)c4sc(C5CC5)nc4n(-c4ccc(OC(F)F)nc4)c3=O)ccc2n1. The van der Waals surface area contributed by atoms with Gasteiger partial charge in [0.25, 0.3) is 5.56 Å². The molecule has 6 rings (SSSR count). The highest BCUT2D eigenvalue weighted by molar-refractivity contribution is 7.18. The monoisotopic (exact) mass is 482 g/mol. The summed E-state index contributed by atoms with van der Waals surface area (Å²) in [5, 5.41) is 5.90. The number of halogens is 2. The number of fused-ring (bicyclic) bond motifs is 2. The first-order valence-electron chi connectivity index (χ1n) is 10.4. The zero-order chi connectivity index (χ0) is 23.6. The van der Waals surface area contributed by atoms with Crippen molar-refractivity contribution in [2.24, 2.45) is 7.05 Å². The van der Waals surface area contributed by atoms with Gasteiger partial charge in [0.2, 0.25) is 5.88 Å². The largest absolute Gasteiger partial charge is 0.417 e. The number of rotatable bonds is 5. The normalized spacial score (nSPS) is 13.9. The topological polar surface area (TPSA) is 96.8 Å². The van der Waals surface area contributed by atoms with E-state index in [0.717, 1.165) is 33.3 Å². The number of ether oxygens (including phenoxy) is 1. The number of hydrogen-bond donors (Lipinski definition) is 0. The van der Waals surface area contributed by atoms with Crippen molar-refractivity contribution in [1.82, 2.24) is 28.9 Å². The summed E-state index contributed by atoms with van der Waals surface area (Å²) in [5.74, 6) is -0.00386. The summed E-state index contributed by atoms with van der Waals surface area (Å²) in [5.41, 5.74) is 0.518. The van der Waals surface area contributed by atoms with Gasteiger partial charge in [-0.15, -0.1) is 11.3 Å². The van der Waals surface area contributed by atoms with Crippen molar-refractivity contribution in [2.75, 3.05) is 0 Å². The molecule has 0 atom stereocenters. The van der Waals surface area contributed by atoms with E-state index in [9.17, 15) is 18.4 Å². The Kier molecular flexibility index (Phi) is 4.59. The number of alkyl halides is 2. The molecule has 0 spiro atoms. The van der Waals surface area contributed by atoms with Crippen LogP contribution in [-0.4, -0.2) is 35.5 Å². The Balaban J connectivity index is 1.61. The zero-order valence-corrected chi connectivity index (χ0v) is 18.5. The van der Waals surface area contributed by atoms with Gasteiger partial charge in [0, 0.05) is 30.6 Å². The lowest BCUT2D eigenvalue weighted by atomic mass is 10.2. The van der Waals surface area contributed by atoms with Crippen LogP contribution in [0.5, 0.6) is 5.88 Å². The lowest BCUT2D eigenvalue weighted by molar-refractivity contribution is -0.0528. The molecule has 5 aromatic rings. The van der Waals surface area contributed by atoms with Crippen LogP contribution in [0.1, 0.15) is 23.8 Å². The summed E-state index contributed by atoms with van der Waals surface area (Å²) >= 11 is 1.28. The van der Waals surface area contributed by atoms with Gasteiger partial charge in [0.1, 0.15) is 4.70 Å². The first-order chi connectivity index (χ1) is 16.4. The minimum atomic E-state index is -3.02. The molecule has 0 aliphatic heterocycles. The summed E-state index contributed by atoms with van der Waals surface area (Å²) < 4.78 is 33.7. The van der Waals surface area contributed by atoms with Crippen LogP contribution in [0, 0.1) is 0 Å². The van der Waals surface area contributed by atoms with Crippen LogP contribution in [0.2, 0.25) is 0 Å². The predicted octanol–water partition coefficient (Wildman–Crippen LogP) is 3.36. The fourth-order valence-electron chi connectivity index (χ4n) is 3.90. The number of hydrogen-bond acceptors (Lipinski definition) is 7. The number of pyridine rings is 1. The molecule has 9 nitrogen and oxygen atoms in total. The third-order valence-electron chi connectivity index (χ3n) is 5.59. The highest BCUT2D eigenvalue weighted by atomic mass is 32.1. The molecule has 1 aromatic carbocycles. The molecule has 1 saturated carbocycles. The average Bonchev–Trinajstić information content (AvgIpc) is 3.44. The van der Waals surface area contributed by atoms with E-state index < -0.39 is 17.9 Å². The van der Waals surface area contributed by atoms with Crippen molar-refractivity contribution in [3.63, 3.8) is 0 Å². The molecule has 1 aliphatic rings. The standard InChI is InChI=1S/C22H16F2N6O3S/c1-28-10-12-8-13(4-6-15(12)27-28)30-20(31)17-18(26-19(34-17)11-2-3-11)29(22(30)32)14-5-7-16(25-9-14)33-21(23)24/h4-11,21H,2-3H2,1H3. The summed E-state index contributed by atoms with van der Waals surface area (Å²) in [6, 6.07) is 7.80. The van der Waals surface area contributed by atoms with E-state index in [1.165, 1.54) is 34.2 Å². The quantitative estimate of drug-likeness (QED) is 0.381. The Labute approximate surface area is 193 Å². The Morgan fingerprint density at radius 3 is 2.62 bits per heavy atom. The lowest BCUT2D eigenvalue weighted by Crippen LogP contribution is -2.38. The number of nitrogens with zero attached hydrogens (tertiary/aromatic N) is 6. The molecule has 0 N–H and O–H groups in total. The molecule has 0 bridgehead atoms. The molecule has 4 aromatic heterocycles. The van der Waals surface area contributed by atoms with Gasteiger partial charge < -0.3 is 4.74 Å². The van der Waals surface area contributed by atoms with Gasteiger partial charge >= 0.3 is 12.3 Å². The fourth-order valence-corrected chi connectivity index (χ4v) is 5.06. The number of aryl methyl sites for hydroxylation is 1. The van der Waals surface area contributed by atoms with E-state index in [-0.39, 0.29) is 23.1 Å². The van der Waals surface area contributed by atoms with Crippen molar-refractivity contribution < 1.29 is 13.5 Å². The van der Waals surface area contributed by atoms with Gasteiger partial charge in [-0.2, -0.15) is 13.9 Å². The van der Waals surface area contributed by atoms with E-state index in [1.54, 1.807) is 36.1 Å². The van der Waals surface area contributed by atoms with Crippen molar-refractivity contribution in [3.05, 3.63) is 68.6 Å². The smallest absolute Gasteiger partial charge is 0.388 e. The van der Waals surface area contributed by atoms with E-state index in [4.69, 9.17) is 0 Å². The van der Waals surface area contributed by atoms with Gasteiger partial charge in [-0.05, 0) is 37.1 Å². The second kappa shape index (κ2) is 7.55. The highest BCUT2D eigenvalue weighted by Crippen LogP contribution is 2.42. The third kappa shape index (κ3) is 3.37. The van der Waals surface area contributed by atoms with Crippen LogP contribution >= 0.6 is 11.3 Å². The summed E-state index contributed by atoms with van der Waals surface area (Å²) in [6.07, 6.45) is 5.01. The Hall–Kier alpha value is -3.93. The molecule has 0 unspecified atom stereocenters. The van der Waals surface area contributed by atoms with Crippen LogP contribution in [0.3, 0.4) is 0 Å². The Bertz CT molecular complexity index is 1680. The summed E-state index contributed by atoms with van der Waals surface area (Å²) in [7, 11) is 1.79. The Morgan fingerprint density at radius 2 is 1.91 bits per heavy atom. The van der Waals surface area contributed by atoms with E-state index in [0.29, 0.717) is 10.4 Å². The van der Waals surface area contributed by atoms with Crippen LogP contribution in [0.4, 0.5) is 8.78 Å². The third-order valence-corrected chi connectivity index (χ3v) is 6.79. The van der Waals surface area contributed by atoms with Crippen LogP contribution in [0.25, 0.3) is 32.6 Å². The molecular formula is C22H16F2N6O3S. The molecule has 1 aliphatic carbocycles. The first-order valence-corrected chi connectivity index (χ1v) is 11.2. The summed E-state index contributed by atoms with van der Waals surface area (Å²) in [4.78, 5) is 35.7. The fraction of sp³-hybridized carbons (Fsp3) is 0.227. The molecule has 0 saturated heterocycles. The molecule has 4 heterocycles. The minimum absolute atomic E-state index is 0.227. The minimum Gasteiger partial charge on any atom is -0.417 e. The second-order valence-electron chi connectivity index (χ2n) is 8.02. The van der Waals surface area contributed by atoms with E-state index in [2.05, 4.69) is 19.8 Å². The molecule has 172 valence electrons. The average molecular weight is 482 g/mol. The molecule has 12 heteroatoms. The maximum absolute atomic E-state index is 13.7. The highest BCUT2D eigenvalue weighted by Gasteiger charge is 2.29. The van der Waals surface area contributed by atoms with Crippen molar-refractivity contribution in [2.45, 2.75) is 25.4 Å². The summed E-state index contributed by atoms with van der Waals surface area (Å²) in [6.45, 7) is -3.02. The maximum atomic E-state index is 13.7. The van der Waals surface area contributed by atoms with Gasteiger partial charge in [-0.1, -0.05) is 0 Å². The van der Waals surface area contributed by atoms with Crippen LogP contribution in [0.15, 0.2) is 52.3 Å².